The third-order valence-electron chi connectivity index (χ3n) is 7.01. The number of aromatic nitrogens is 3. The van der Waals surface area contributed by atoms with E-state index >= 15 is 0 Å². The Bertz CT molecular complexity index is 1430. The number of piperazine rings is 1. The first-order valence-electron chi connectivity index (χ1n) is 13.9. The Labute approximate surface area is 247 Å². The van der Waals surface area contributed by atoms with Crippen molar-refractivity contribution in [3.05, 3.63) is 58.9 Å². The van der Waals surface area contributed by atoms with E-state index in [-0.39, 0.29) is 24.4 Å². The van der Waals surface area contributed by atoms with Crippen LogP contribution in [-0.2, 0) is 12.7 Å². The molecule has 3 heterocycles. The van der Waals surface area contributed by atoms with Crippen LogP contribution in [0.1, 0.15) is 35.9 Å². The second-order valence-corrected chi connectivity index (χ2v) is 10.3. The molecule has 4 rings (SSSR count). The van der Waals surface area contributed by atoms with Crippen LogP contribution in [0.5, 0.6) is 5.75 Å². The predicted octanol–water partition coefficient (Wildman–Crippen LogP) is 4.86. The van der Waals surface area contributed by atoms with Crippen molar-refractivity contribution in [3.63, 3.8) is 0 Å². The Morgan fingerprint density at radius 2 is 1.70 bits per heavy atom. The standard InChI is InChI=1S/C29H35F4N7O3/c1-4-11-43-26-13-20(15-34-19(26)3)27-35-16-25(18(2)36-27)38-28(42)37-24-14-22(29(31,32)33)21(12-23(24)30)17-40-7-5-39(6-8-40)9-10-41/h12-16,41H,4-11,17H2,1-3H3,(H2,37,38,42). The van der Waals surface area contributed by atoms with Gasteiger partial charge < -0.3 is 20.5 Å². The molecular formula is C29H35F4N7O3. The molecule has 1 aliphatic rings. The van der Waals surface area contributed by atoms with Crippen molar-refractivity contribution in [2.75, 3.05) is 56.6 Å². The van der Waals surface area contributed by atoms with Gasteiger partial charge in [-0.2, -0.15) is 13.2 Å². The lowest BCUT2D eigenvalue weighted by molar-refractivity contribution is -0.138. The summed E-state index contributed by atoms with van der Waals surface area (Å²) in [5.41, 5.74) is 0.0291. The summed E-state index contributed by atoms with van der Waals surface area (Å²) in [6.45, 7) is 8.50. The zero-order chi connectivity index (χ0) is 31.1. The summed E-state index contributed by atoms with van der Waals surface area (Å²) in [6, 6.07) is 2.25. The third kappa shape index (κ3) is 8.36. The zero-order valence-electron chi connectivity index (χ0n) is 24.3. The molecule has 0 bridgehead atoms. The highest BCUT2D eigenvalue weighted by Crippen LogP contribution is 2.36. The maximum atomic E-state index is 15.0. The molecule has 43 heavy (non-hydrogen) atoms. The van der Waals surface area contributed by atoms with Gasteiger partial charge in [0.25, 0.3) is 0 Å². The minimum Gasteiger partial charge on any atom is -0.492 e. The van der Waals surface area contributed by atoms with Gasteiger partial charge in [-0.05, 0) is 44.0 Å². The Balaban J connectivity index is 1.46. The summed E-state index contributed by atoms with van der Waals surface area (Å²) in [5.74, 6) is -0.0500. The number of urea groups is 1. The molecule has 14 heteroatoms. The number of halogens is 4. The van der Waals surface area contributed by atoms with Crippen molar-refractivity contribution in [2.45, 2.75) is 39.9 Å². The number of anilines is 2. The summed E-state index contributed by atoms with van der Waals surface area (Å²) in [4.78, 5) is 29.5. The molecular weight excluding hydrogens is 570 g/mol. The Morgan fingerprint density at radius 1 is 1.00 bits per heavy atom. The van der Waals surface area contributed by atoms with E-state index in [1.807, 2.05) is 18.7 Å². The first kappa shape index (κ1) is 32.0. The summed E-state index contributed by atoms with van der Waals surface area (Å²) in [6.07, 6.45) is -0.978. The molecule has 3 aromatic rings. The summed E-state index contributed by atoms with van der Waals surface area (Å²) >= 11 is 0. The lowest BCUT2D eigenvalue weighted by Gasteiger charge is -2.34. The van der Waals surface area contributed by atoms with Crippen LogP contribution in [0.3, 0.4) is 0 Å². The van der Waals surface area contributed by atoms with E-state index in [2.05, 4.69) is 25.6 Å². The second kappa shape index (κ2) is 14.1. The number of aliphatic hydroxyl groups excluding tert-OH is 1. The van der Waals surface area contributed by atoms with Crippen LogP contribution in [0.2, 0.25) is 0 Å². The maximum Gasteiger partial charge on any atom is 0.416 e. The van der Waals surface area contributed by atoms with Crippen molar-refractivity contribution in [1.82, 2.24) is 24.8 Å². The van der Waals surface area contributed by atoms with Gasteiger partial charge in [-0.1, -0.05) is 6.92 Å². The average molecular weight is 606 g/mol. The van der Waals surface area contributed by atoms with Crippen LogP contribution in [0.25, 0.3) is 11.4 Å². The number of ether oxygens (including phenoxy) is 1. The first-order valence-corrected chi connectivity index (χ1v) is 13.9. The van der Waals surface area contributed by atoms with E-state index in [1.165, 1.54) is 6.20 Å². The fourth-order valence-electron chi connectivity index (χ4n) is 4.66. The molecule has 232 valence electrons. The normalized spacial score (nSPS) is 14.5. The van der Waals surface area contributed by atoms with Crippen LogP contribution < -0.4 is 15.4 Å². The van der Waals surface area contributed by atoms with Crippen LogP contribution in [-0.4, -0.2) is 81.8 Å². The number of aryl methyl sites for hydroxylation is 2. The van der Waals surface area contributed by atoms with Crippen LogP contribution in [0, 0.1) is 19.7 Å². The highest BCUT2D eigenvalue weighted by atomic mass is 19.4. The molecule has 0 saturated carbocycles. The van der Waals surface area contributed by atoms with Crippen LogP contribution >= 0.6 is 0 Å². The van der Waals surface area contributed by atoms with Gasteiger partial charge in [0, 0.05) is 51.0 Å². The van der Waals surface area contributed by atoms with Crippen molar-refractivity contribution >= 4 is 17.4 Å². The Hall–Kier alpha value is -3.88. The van der Waals surface area contributed by atoms with E-state index in [0.717, 1.165) is 18.2 Å². The molecule has 0 radical (unpaired) electrons. The zero-order valence-corrected chi connectivity index (χ0v) is 24.3. The highest BCUT2D eigenvalue weighted by Gasteiger charge is 2.35. The van der Waals surface area contributed by atoms with Gasteiger partial charge >= 0.3 is 12.2 Å². The summed E-state index contributed by atoms with van der Waals surface area (Å²) in [7, 11) is 0. The Morgan fingerprint density at radius 3 is 2.35 bits per heavy atom. The van der Waals surface area contributed by atoms with E-state index in [0.29, 0.717) is 68.2 Å². The molecule has 0 aliphatic carbocycles. The van der Waals surface area contributed by atoms with Gasteiger partial charge in [-0.15, -0.1) is 0 Å². The number of hydrogen-bond donors (Lipinski definition) is 3. The van der Waals surface area contributed by atoms with E-state index in [4.69, 9.17) is 9.84 Å². The van der Waals surface area contributed by atoms with Gasteiger partial charge in [0.15, 0.2) is 5.82 Å². The van der Waals surface area contributed by atoms with Crippen molar-refractivity contribution in [3.8, 4) is 17.1 Å². The SMILES string of the molecule is CCCOc1cc(-c2ncc(NC(=O)Nc3cc(C(F)(F)F)c(CN4CCN(CCO)CC4)cc3F)c(C)n2)cnc1C. The number of nitrogens with zero attached hydrogens (tertiary/aromatic N) is 5. The lowest BCUT2D eigenvalue weighted by atomic mass is 10.0. The molecule has 1 aromatic carbocycles. The van der Waals surface area contributed by atoms with Gasteiger partial charge in [0.05, 0.1) is 47.7 Å². The van der Waals surface area contributed by atoms with Crippen molar-refractivity contribution in [2.24, 2.45) is 0 Å². The van der Waals surface area contributed by atoms with E-state index < -0.39 is 29.3 Å². The molecule has 10 nitrogen and oxygen atoms in total. The largest absolute Gasteiger partial charge is 0.492 e. The number of hydrogen-bond acceptors (Lipinski definition) is 8. The Kier molecular flexibility index (Phi) is 10.5. The molecule has 1 fully saturated rings. The fourth-order valence-corrected chi connectivity index (χ4v) is 4.66. The topological polar surface area (TPSA) is 116 Å². The highest BCUT2D eigenvalue weighted by molar-refractivity contribution is 6.00. The number of amides is 2. The monoisotopic (exact) mass is 605 g/mol. The lowest BCUT2D eigenvalue weighted by Crippen LogP contribution is -2.46. The number of pyridine rings is 1. The van der Waals surface area contributed by atoms with Gasteiger partial charge in [-0.25, -0.2) is 19.2 Å². The smallest absolute Gasteiger partial charge is 0.416 e. The van der Waals surface area contributed by atoms with Crippen LogP contribution in [0.15, 0.2) is 30.6 Å². The first-order chi connectivity index (χ1) is 20.5. The number of carbonyl (C=O) groups is 1. The minimum absolute atomic E-state index is 0.00427. The molecule has 2 aromatic heterocycles. The van der Waals surface area contributed by atoms with E-state index in [9.17, 15) is 22.4 Å². The second-order valence-electron chi connectivity index (χ2n) is 10.3. The fraction of sp³-hybridized carbons (Fsp3) is 0.448. The van der Waals surface area contributed by atoms with E-state index in [1.54, 1.807) is 24.1 Å². The number of carbonyl (C=O) groups excluding carboxylic acids is 1. The molecule has 1 saturated heterocycles. The number of rotatable bonds is 10. The molecule has 0 atom stereocenters. The summed E-state index contributed by atoms with van der Waals surface area (Å²) in [5, 5.41) is 13.7. The van der Waals surface area contributed by atoms with Gasteiger partial charge in [0.2, 0.25) is 0 Å². The number of β-amino-alcohol motifs (C(OH)–C–C–N with tert-alkyl or cyclic N) is 1. The summed E-state index contributed by atoms with van der Waals surface area (Å²) < 4.78 is 62.6. The van der Waals surface area contributed by atoms with Gasteiger partial charge in [-0.3, -0.25) is 14.8 Å². The molecule has 0 spiro atoms. The average Bonchev–Trinajstić information content (AvgIpc) is 2.95. The molecule has 0 unspecified atom stereocenters. The third-order valence-corrected chi connectivity index (χ3v) is 7.01. The number of benzene rings is 1. The molecule has 3 N–H and O–H groups in total. The molecule has 1 aliphatic heterocycles. The van der Waals surface area contributed by atoms with Crippen molar-refractivity contribution < 1.29 is 32.2 Å². The molecule has 2 amide bonds. The van der Waals surface area contributed by atoms with Crippen molar-refractivity contribution in [1.29, 1.82) is 0 Å². The number of nitrogens with one attached hydrogen (secondary N) is 2. The quantitative estimate of drug-likeness (QED) is 0.281. The minimum atomic E-state index is -4.76. The number of aliphatic hydroxyl groups is 1. The maximum absolute atomic E-state index is 15.0. The number of alkyl halides is 3. The van der Waals surface area contributed by atoms with Gasteiger partial charge in [0.1, 0.15) is 11.6 Å². The van der Waals surface area contributed by atoms with Crippen LogP contribution in [0.4, 0.5) is 33.7 Å². The predicted molar refractivity (Wildman–Crippen MR) is 153 cm³/mol.